The van der Waals surface area contributed by atoms with Gasteiger partial charge in [-0.15, -0.1) is 0 Å². The molecular weight excluding hydrogens is 386 g/mol. The second-order valence-electron chi connectivity index (χ2n) is 6.52. The number of halogens is 2. The SMILES string of the molecule is [2H]C([2H])([2H])Oc1cccc(-c2cc(F)c(C3(C(N)=O)COCC3C(=O)NOC)c(F)c2)c1. The average Bonchev–Trinajstić information content (AvgIpc) is 3.12. The topological polar surface area (TPSA) is 99.9 Å². The van der Waals surface area contributed by atoms with E-state index in [4.69, 9.17) is 19.3 Å². The predicted molar refractivity (Wildman–Crippen MR) is 98.7 cm³/mol. The van der Waals surface area contributed by atoms with Crippen molar-refractivity contribution in [2.75, 3.05) is 27.4 Å². The van der Waals surface area contributed by atoms with Crippen molar-refractivity contribution >= 4 is 11.8 Å². The number of carbonyl (C=O) groups is 2. The zero-order valence-electron chi connectivity index (χ0n) is 18.3. The molecule has 7 nitrogen and oxygen atoms in total. The van der Waals surface area contributed by atoms with Crippen molar-refractivity contribution in [1.29, 1.82) is 0 Å². The summed E-state index contributed by atoms with van der Waals surface area (Å²) in [5, 5.41) is 0. The lowest BCUT2D eigenvalue weighted by molar-refractivity contribution is -0.140. The maximum Gasteiger partial charge on any atom is 0.250 e. The standard InChI is InChI=1S/C20H20F2N2O5/c1-27-13-5-3-4-11(6-13)12-7-15(21)17(16(22)8-12)20(19(23)26)10-29-9-14(20)18(25)24-28-2/h3-8,14H,9-10H2,1-2H3,(H2,23,26)(H,24,25)/i1D3. The van der Waals surface area contributed by atoms with E-state index in [1.54, 1.807) is 0 Å². The summed E-state index contributed by atoms with van der Waals surface area (Å²) in [6.07, 6.45) is 0. The van der Waals surface area contributed by atoms with E-state index in [2.05, 4.69) is 4.84 Å². The van der Waals surface area contributed by atoms with Crippen molar-refractivity contribution in [2.45, 2.75) is 5.41 Å². The molecule has 1 heterocycles. The molecule has 2 atom stereocenters. The molecule has 9 heteroatoms. The van der Waals surface area contributed by atoms with Crippen LogP contribution in [0.2, 0.25) is 0 Å². The molecule has 1 aliphatic rings. The van der Waals surface area contributed by atoms with Gasteiger partial charge in [-0.2, -0.15) is 0 Å². The lowest BCUT2D eigenvalue weighted by Crippen LogP contribution is -2.53. The van der Waals surface area contributed by atoms with Gasteiger partial charge >= 0.3 is 0 Å². The summed E-state index contributed by atoms with van der Waals surface area (Å²) in [6, 6.07) is 7.56. The third-order valence-electron chi connectivity index (χ3n) is 4.94. The Morgan fingerprint density at radius 1 is 1.28 bits per heavy atom. The van der Waals surface area contributed by atoms with Gasteiger partial charge in [0.1, 0.15) is 22.8 Å². The summed E-state index contributed by atoms with van der Waals surface area (Å²) < 4.78 is 62.1. The van der Waals surface area contributed by atoms with E-state index in [-0.39, 0.29) is 23.5 Å². The Bertz CT molecular complexity index is 1030. The predicted octanol–water partition coefficient (Wildman–Crippen LogP) is 1.69. The summed E-state index contributed by atoms with van der Waals surface area (Å²) in [7, 11) is -1.53. The number of rotatable bonds is 6. The number of carbonyl (C=O) groups excluding carboxylic acids is 2. The zero-order valence-corrected chi connectivity index (χ0v) is 15.3. The van der Waals surface area contributed by atoms with Crippen LogP contribution in [0.3, 0.4) is 0 Å². The van der Waals surface area contributed by atoms with E-state index in [0.717, 1.165) is 12.1 Å². The number of hydrogen-bond donors (Lipinski definition) is 2. The first-order chi connectivity index (χ1) is 15.0. The Labute approximate surface area is 169 Å². The first-order valence-corrected chi connectivity index (χ1v) is 8.49. The first kappa shape index (κ1) is 16.9. The minimum atomic E-state index is -2.70. The van der Waals surface area contributed by atoms with E-state index >= 15 is 8.78 Å². The maximum atomic E-state index is 15.3. The summed E-state index contributed by atoms with van der Waals surface area (Å²) in [6.45, 7) is -0.799. The normalized spacial score (nSPS) is 23.0. The first-order valence-electron chi connectivity index (χ1n) is 9.99. The highest BCUT2D eigenvalue weighted by atomic mass is 19.1. The Morgan fingerprint density at radius 3 is 2.62 bits per heavy atom. The lowest BCUT2D eigenvalue weighted by atomic mass is 9.70. The molecule has 0 aromatic heterocycles. The van der Waals surface area contributed by atoms with Crippen LogP contribution in [0.15, 0.2) is 36.4 Å². The molecule has 1 saturated heterocycles. The van der Waals surface area contributed by atoms with Crippen molar-refractivity contribution in [3.05, 3.63) is 53.6 Å². The van der Waals surface area contributed by atoms with Gasteiger partial charge in [0.2, 0.25) is 5.91 Å². The van der Waals surface area contributed by atoms with Crippen LogP contribution in [-0.2, 0) is 24.6 Å². The quantitative estimate of drug-likeness (QED) is 0.708. The molecule has 29 heavy (non-hydrogen) atoms. The minimum Gasteiger partial charge on any atom is -0.497 e. The monoisotopic (exact) mass is 409 g/mol. The fourth-order valence-electron chi connectivity index (χ4n) is 3.57. The number of nitrogens with one attached hydrogen (secondary N) is 1. The van der Waals surface area contributed by atoms with Crippen LogP contribution in [0.25, 0.3) is 11.1 Å². The van der Waals surface area contributed by atoms with Gasteiger partial charge in [-0.1, -0.05) is 12.1 Å². The van der Waals surface area contributed by atoms with Gasteiger partial charge in [0, 0.05) is 5.56 Å². The van der Waals surface area contributed by atoms with Crippen molar-refractivity contribution in [3.63, 3.8) is 0 Å². The van der Waals surface area contributed by atoms with Gasteiger partial charge in [-0.25, -0.2) is 14.3 Å². The molecule has 3 rings (SSSR count). The number of benzene rings is 2. The molecule has 2 aromatic carbocycles. The largest absolute Gasteiger partial charge is 0.497 e. The summed E-state index contributed by atoms with van der Waals surface area (Å²) in [5.74, 6) is -5.55. The molecule has 2 aromatic rings. The molecule has 0 aliphatic carbocycles. The summed E-state index contributed by atoms with van der Waals surface area (Å²) in [5.41, 5.74) is 5.07. The second-order valence-corrected chi connectivity index (χ2v) is 6.52. The van der Waals surface area contributed by atoms with Gasteiger partial charge in [0.15, 0.2) is 0 Å². The van der Waals surface area contributed by atoms with Crippen LogP contribution >= 0.6 is 0 Å². The molecule has 2 unspecified atom stereocenters. The molecule has 2 amide bonds. The van der Waals surface area contributed by atoms with Crippen LogP contribution in [0.1, 0.15) is 9.68 Å². The van der Waals surface area contributed by atoms with Gasteiger partial charge in [-0.05, 0) is 35.4 Å². The Morgan fingerprint density at radius 2 is 2.00 bits per heavy atom. The third-order valence-corrected chi connectivity index (χ3v) is 4.94. The van der Waals surface area contributed by atoms with Crippen molar-refractivity contribution in [1.82, 2.24) is 5.48 Å². The van der Waals surface area contributed by atoms with E-state index in [9.17, 15) is 9.59 Å². The third kappa shape index (κ3) is 3.54. The van der Waals surface area contributed by atoms with Gasteiger partial charge in [-0.3, -0.25) is 14.4 Å². The minimum absolute atomic E-state index is 0.0264. The van der Waals surface area contributed by atoms with E-state index in [1.807, 2.05) is 5.48 Å². The fraction of sp³-hybridized carbons (Fsp3) is 0.300. The molecule has 1 aliphatic heterocycles. The van der Waals surface area contributed by atoms with Crippen LogP contribution in [0.4, 0.5) is 8.78 Å². The fourth-order valence-corrected chi connectivity index (χ4v) is 3.57. The molecule has 0 radical (unpaired) electrons. The van der Waals surface area contributed by atoms with E-state index in [1.165, 1.54) is 31.4 Å². The number of primary amides is 1. The van der Waals surface area contributed by atoms with Gasteiger partial charge < -0.3 is 15.2 Å². The van der Waals surface area contributed by atoms with Crippen LogP contribution < -0.4 is 16.0 Å². The number of hydrogen-bond acceptors (Lipinski definition) is 5. The zero-order chi connectivity index (χ0) is 23.7. The molecule has 0 saturated carbocycles. The summed E-state index contributed by atoms with van der Waals surface area (Å²) >= 11 is 0. The lowest BCUT2D eigenvalue weighted by Gasteiger charge is -2.30. The summed E-state index contributed by atoms with van der Waals surface area (Å²) in [4.78, 5) is 29.3. The number of amides is 2. The molecule has 1 fully saturated rings. The van der Waals surface area contributed by atoms with Crippen molar-refractivity contribution < 1.29 is 36.8 Å². The van der Waals surface area contributed by atoms with E-state index in [0.29, 0.717) is 0 Å². The number of hydroxylamine groups is 1. The smallest absolute Gasteiger partial charge is 0.250 e. The number of methoxy groups -OCH3 is 1. The molecule has 154 valence electrons. The highest BCUT2D eigenvalue weighted by Gasteiger charge is 2.56. The Hall–Kier alpha value is -3.04. The number of ether oxygens (including phenoxy) is 2. The molecular formula is C20H20F2N2O5. The van der Waals surface area contributed by atoms with Crippen molar-refractivity contribution in [3.8, 4) is 16.9 Å². The van der Waals surface area contributed by atoms with Crippen LogP contribution in [0.5, 0.6) is 5.75 Å². The average molecular weight is 409 g/mol. The molecule has 0 spiro atoms. The molecule has 0 bridgehead atoms. The van der Waals surface area contributed by atoms with Crippen molar-refractivity contribution in [2.24, 2.45) is 11.7 Å². The van der Waals surface area contributed by atoms with Crippen LogP contribution in [-0.4, -0.2) is 39.2 Å². The highest BCUT2D eigenvalue weighted by molar-refractivity contribution is 5.95. The second kappa shape index (κ2) is 8.14. The van der Waals surface area contributed by atoms with E-state index < -0.39 is 54.0 Å². The Kier molecular flexibility index (Phi) is 4.74. The Balaban J connectivity index is 2.08. The number of nitrogens with two attached hydrogens (primary N) is 1. The molecule has 3 N–H and O–H groups in total. The highest BCUT2D eigenvalue weighted by Crippen LogP contribution is 2.42. The van der Waals surface area contributed by atoms with Gasteiger partial charge in [0.05, 0.1) is 37.4 Å². The van der Waals surface area contributed by atoms with Crippen LogP contribution in [0, 0.1) is 17.6 Å². The van der Waals surface area contributed by atoms with Gasteiger partial charge in [0.25, 0.3) is 5.91 Å². The maximum absolute atomic E-state index is 15.3.